The second kappa shape index (κ2) is 10.2. The van der Waals surface area contributed by atoms with Crippen molar-refractivity contribution >= 4 is 34.6 Å². The number of non-ortho nitro benzene ring substituents is 1. The third-order valence-corrected chi connectivity index (χ3v) is 5.02. The van der Waals surface area contributed by atoms with Crippen LogP contribution >= 0.6 is 0 Å². The summed E-state index contributed by atoms with van der Waals surface area (Å²) in [7, 11) is 0. The monoisotopic (exact) mass is 453 g/mol. The minimum Gasteiger partial charge on any atom is -0.423 e. The Morgan fingerprint density at radius 1 is 0.941 bits per heavy atom. The van der Waals surface area contributed by atoms with E-state index in [0.717, 1.165) is 16.3 Å². The molecule has 4 aromatic carbocycles. The lowest BCUT2D eigenvalue weighted by Crippen LogP contribution is -2.19. The molecule has 0 saturated heterocycles. The van der Waals surface area contributed by atoms with Gasteiger partial charge in [0.05, 0.1) is 23.1 Å². The topological polar surface area (TPSA) is 111 Å². The maximum absolute atomic E-state index is 12.3. The number of hydrogen-bond acceptors (Lipinski definition) is 6. The fraction of sp³-hybridized carbons (Fsp3) is 0.0385. The van der Waals surface area contributed by atoms with Crippen LogP contribution in [-0.4, -0.2) is 23.0 Å². The van der Waals surface area contributed by atoms with Crippen LogP contribution in [0.2, 0.25) is 0 Å². The van der Waals surface area contributed by atoms with Gasteiger partial charge in [-0.2, -0.15) is 5.10 Å². The van der Waals surface area contributed by atoms with E-state index in [2.05, 4.69) is 10.5 Å². The van der Waals surface area contributed by atoms with Crippen LogP contribution in [0.3, 0.4) is 0 Å². The van der Waals surface area contributed by atoms with E-state index in [-0.39, 0.29) is 29.3 Å². The SMILES string of the molecule is O=C(Cc1cccc2ccccc12)N/N=C\c1cccc(OC(=O)c2ccc([N+](=O)[O-])cc2)c1. The summed E-state index contributed by atoms with van der Waals surface area (Å²) >= 11 is 0. The number of carbonyl (C=O) groups excluding carboxylic acids is 2. The lowest BCUT2D eigenvalue weighted by Gasteiger charge is -2.06. The van der Waals surface area contributed by atoms with Gasteiger partial charge in [0.2, 0.25) is 5.91 Å². The number of nitro groups is 1. The molecule has 0 spiro atoms. The molecule has 8 heteroatoms. The van der Waals surface area contributed by atoms with Crippen molar-refractivity contribution in [1.82, 2.24) is 5.43 Å². The molecule has 1 N–H and O–H groups in total. The van der Waals surface area contributed by atoms with Crippen LogP contribution in [-0.2, 0) is 11.2 Å². The minimum atomic E-state index is -0.646. The Hall–Kier alpha value is -4.85. The molecule has 0 fully saturated rings. The van der Waals surface area contributed by atoms with Crippen LogP contribution in [0, 0.1) is 10.1 Å². The quantitative estimate of drug-likeness (QED) is 0.144. The number of amides is 1. The van der Waals surface area contributed by atoms with Crippen molar-refractivity contribution in [3.8, 4) is 5.75 Å². The van der Waals surface area contributed by atoms with Gasteiger partial charge in [-0.3, -0.25) is 14.9 Å². The summed E-state index contributed by atoms with van der Waals surface area (Å²) in [6, 6.07) is 25.4. The zero-order valence-electron chi connectivity index (χ0n) is 17.9. The van der Waals surface area contributed by atoms with Gasteiger partial charge in [-0.05, 0) is 46.2 Å². The molecular weight excluding hydrogens is 434 g/mol. The Labute approximate surface area is 194 Å². The molecule has 0 aromatic heterocycles. The van der Waals surface area contributed by atoms with Crippen LogP contribution in [0.5, 0.6) is 5.75 Å². The number of carbonyl (C=O) groups is 2. The maximum Gasteiger partial charge on any atom is 0.343 e. The highest BCUT2D eigenvalue weighted by Crippen LogP contribution is 2.19. The number of nitrogens with one attached hydrogen (secondary N) is 1. The predicted molar refractivity (Wildman–Crippen MR) is 128 cm³/mol. The smallest absolute Gasteiger partial charge is 0.343 e. The van der Waals surface area contributed by atoms with Crippen molar-refractivity contribution in [2.45, 2.75) is 6.42 Å². The number of fused-ring (bicyclic) bond motifs is 1. The Balaban J connectivity index is 1.36. The third-order valence-electron chi connectivity index (χ3n) is 5.02. The number of ether oxygens (including phenoxy) is 1. The van der Waals surface area contributed by atoms with Crippen molar-refractivity contribution in [3.05, 3.63) is 118 Å². The highest BCUT2D eigenvalue weighted by molar-refractivity contribution is 5.92. The molecule has 0 aliphatic carbocycles. The lowest BCUT2D eigenvalue weighted by molar-refractivity contribution is -0.384. The van der Waals surface area contributed by atoms with E-state index in [1.807, 2.05) is 42.5 Å². The first-order chi connectivity index (χ1) is 16.5. The van der Waals surface area contributed by atoms with E-state index in [1.165, 1.54) is 30.5 Å². The number of hydrogen-bond donors (Lipinski definition) is 1. The van der Waals surface area contributed by atoms with Crippen LogP contribution in [0.25, 0.3) is 10.8 Å². The molecule has 0 unspecified atom stereocenters. The maximum atomic E-state index is 12.3. The molecule has 0 heterocycles. The standard InChI is InChI=1S/C26H19N3O5/c30-25(16-21-8-4-7-19-6-1-2-10-24(19)21)28-27-17-18-5-3-9-23(15-18)34-26(31)20-11-13-22(14-12-20)29(32)33/h1-15,17H,16H2,(H,28,30)/b27-17-. The average molecular weight is 453 g/mol. The summed E-state index contributed by atoms with van der Waals surface area (Å²) in [5.41, 5.74) is 4.10. The zero-order valence-corrected chi connectivity index (χ0v) is 17.9. The van der Waals surface area contributed by atoms with E-state index >= 15 is 0 Å². The van der Waals surface area contributed by atoms with E-state index in [9.17, 15) is 19.7 Å². The minimum absolute atomic E-state index is 0.114. The normalized spacial score (nSPS) is 10.8. The molecule has 0 saturated carbocycles. The molecule has 1 amide bonds. The highest BCUT2D eigenvalue weighted by Gasteiger charge is 2.12. The van der Waals surface area contributed by atoms with Crippen molar-refractivity contribution in [2.75, 3.05) is 0 Å². The number of nitro benzene ring substituents is 1. The van der Waals surface area contributed by atoms with Gasteiger partial charge < -0.3 is 4.74 Å². The van der Waals surface area contributed by atoms with Gasteiger partial charge in [0, 0.05) is 12.1 Å². The lowest BCUT2D eigenvalue weighted by atomic mass is 10.0. The van der Waals surface area contributed by atoms with Crippen molar-refractivity contribution < 1.29 is 19.2 Å². The number of nitrogens with zero attached hydrogens (tertiary/aromatic N) is 2. The second-order valence-electron chi connectivity index (χ2n) is 7.37. The van der Waals surface area contributed by atoms with E-state index in [4.69, 9.17) is 4.74 Å². The molecule has 0 aliphatic rings. The molecule has 4 rings (SSSR count). The van der Waals surface area contributed by atoms with Gasteiger partial charge in [-0.15, -0.1) is 0 Å². The second-order valence-corrected chi connectivity index (χ2v) is 7.37. The van der Waals surface area contributed by atoms with E-state index < -0.39 is 10.9 Å². The van der Waals surface area contributed by atoms with Gasteiger partial charge in [0.1, 0.15) is 5.75 Å². The Kier molecular flexibility index (Phi) is 6.69. The molecule has 0 aliphatic heterocycles. The fourth-order valence-electron chi connectivity index (χ4n) is 3.38. The summed E-state index contributed by atoms with van der Waals surface area (Å²) in [5, 5.41) is 16.8. The first-order valence-electron chi connectivity index (χ1n) is 10.3. The van der Waals surface area contributed by atoms with Gasteiger partial charge in [0.25, 0.3) is 5.69 Å². The summed E-state index contributed by atoms with van der Waals surface area (Å²) in [6.07, 6.45) is 1.63. The van der Waals surface area contributed by atoms with E-state index in [0.29, 0.717) is 5.56 Å². The number of rotatable bonds is 7. The number of esters is 1. The summed E-state index contributed by atoms with van der Waals surface area (Å²) in [5.74, 6) is -0.630. The summed E-state index contributed by atoms with van der Waals surface area (Å²) in [6.45, 7) is 0. The van der Waals surface area contributed by atoms with Crippen molar-refractivity contribution in [2.24, 2.45) is 5.10 Å². The molecule has 8 nitrogen and oxygen atoms in total. The molecule has 168 valence electrons. The predicted octanol–water partition coefficient (Wildman–Crippen LogP) is 4.66. The molecule has 0 bridgehead atoms. The summed E-state index contributed by atoms with van der Waals surface area (Å²) in [4.78, 5) is 34.8. The van der Waals surface area contributed by atoms with E-state index in [1.54, 1.807) is 24.3 Å². The van der Waals surface area contributed by atoms with Gasteiger partial charge in [-0.25, -0.2) is 10.2 Å². The van der Waals surface area contributed by atoms with Crippen LogP contribution in [0.1, 0.15) is 21.5 Å². The Morgan fingerprint density at radius 3 is 2.47 bits per heavy atom. The summed E-state index contributed by atoms with van der Waals surface area (Å²) < 4.78 is 5.33. The highest BCUT2D eigenvalue weighted by atomic mass is 16.6. The molecule has 4 aromatic rings. The number of benzene rings is 4. The van der Waals surface area contributed by atoms with Crippen molar-refractivity contribution in [3.63, 3.8) is 0 Å². The molecule has 0 atom stereocenters. The Morgan fingerprint density at radius 2 is 1.68 bits per heavy atom. The average Bonchev–Trinajstić information content (AvgIpc) is 2.84. The van der Waals surface area contributed by atoms with Crippen LogP contribution in [0.15, 0.2) is 96.1 Å². The first kappa shape index (κ1) is 22.3. The van der Waals surface area contributed by atoms with Crippen LogP contribution < -0.4 is 10.2 Å². The van der Waals surface area contributed by atoms with Gasteiger partial charge in [0.15, 0.2) is 0 Å². The van der Waals surface area contributed by atoms with Gasteiger partial charge >= 0.3 is 5.97 Å². The number of hydrazone groups is 1. The Bertz CT molecular complexity index is 1390. The first-order valence-corrected chi connectivity index (χ1v) is 10.3. The third kappa shape index (κ3) is 5.49. The fourth-order valence-corrected chi connectivity index (χ4v) is 3.38. The molecule has 34 heavy (non-hydrogen) atoms. The van der Waals surface area contributed by atoms with Gasteiger partial charge in [-0.1, -0.05) is 54.6 Å². The zero-order chi connectivity index (χ0) is 23.9. The van der Waals surface area contributed by atoms with Crippen molar-refractivity contribution in [1.29, 1.82) is 0 Å². The molecule has 0 radical (unpaired) electrons. The molecular formula is C26H19N3O5. The van der Waals surface area contributed by atoms with Crippen LogP contribution in [0.4, 0.5) is 5.69 Å². The largest absolute Gasteiger partial charge is 0.423 e.